The van der Waals surface area contributed by atoms with E-state index in [0.29, 0.717) is 30.8 Å². The standard InChI is InChI=1S/C29H29N3O4/c1-35-23-14-11-21(12-15-23)13-16-26(33)30-27-24-9-5-6-10-25(24)36-28(27)29(34)32-19-17-31(18-20-32)22-7-3-2-4-8-22/h2-12,14-15H,13,16-20H2,1H3,(H,30,33). The SMILES string of the molecule is COc1ccc(CCC(=O)Nc2c(C(=O)N3CCN(c4ccccc4)CC3)oc3ccccc23)cc1. The third kappa shape index (κ3) is 5.05. The Morgan fingerprint density at radius 1 is 0.889 bits per heavy atom. The van der Waals surface area contributed by atoms with E-state index in [0.717, 1.165) is 35.5 Å². The molecule has 0 saturated carbocycles. The molecule has 0 atom stereocenters. The van der Waals surface area contributed by atoms with Gasteiger partial charge in [0.05, 0.1) is 7.11 Å². The lowest BCUT2D eigenvalue weighted by atomic mass is 10.1. The number of hydrogen-bond donors (Lipinski definition) is 1. The molecule has 36 heavy (non-hydrogen) atoms. The monoisotopic (exact) mass is 483 g/mol. The molecule has 7 heteroatoms. The van der Waals surface area contributed by atoms with Gasteiger partial charge in [0, 0.05) is 43.7 Å². The summed E-state index contributed by atoms with van der Waals surface area (Å²) < 4.78 is 11.2. The Bertz CT molecular complexity index is 1340. The average Bonchev–Trinajstić information content (AvgIpc) is 3.30. The van der Waals surface area contributed by atoms with E-state index in [1.54, 1.807) is 12.0 Å². The number of hydrogen-bond acceptors (Lipinski definition) is 5. The first-order chi connectivity index (χ1) is 17.6. The van der Waals surface area contributed by atoms with Crippen LogP contribution in [0.2, 0.25) is 0 Å². The molecule has 0 unspecified atom stereocenters. The number of amides is 2. The van der Waals surface area contributed by atoms with Crippen LogP contribution in [-0.4, -0.2) is 50.0 Å². The van der Waals surface area contributed by atoms with E-state index in [4.69, 9.17) is 9.15 Å². The van der Waals surface area contributed by atoms with Crippen LogP contribution in [0, 0.1) is 0 Å². The Labute approximate surface area is 210 Å². The number of benzene rings is 3. The first-order valence-electron chi connectivity index (χ1n) is 12.2. The van der Waals surface area contributed by atoms with E-state index in [2.05, 4.69) is 22.3 Å². The van der Waals surface area contributed by atoms with E-state index in [1.165, 1.54) is 0 Å². The van der Waals surface area contributed by atoms with Gasteiger partial charge in [-0.1, -0.05) is 42.5 Å². The molecule has 0 aliphatic carbocycles. The maximum Gasteiger partial charge on any atom is 0.291 e. The van der Waals surface area contributed by atoms with Crippen molar-refractivity contribution in [1.82, 2.24) is 4.90 Å². The van der Waals surface area contributed by atoms with E-state index in [-0.39, 0.29) is 24.0 Å². The fraction of sp³-hybridized carbons (Fsp3) is 0.241. The van der Waals surface area contributed by atoms with Crippen molar-refractivity contribution in [3.05, 3.63) is 90.2 Å². The molecular weight excluding hydrogens is 454 g/mol. The van der Waals surface area contributed by atoms with Crippen LogP contribution >= 0.6 is 0 Å². The number of carbonyl (C=O) groups is 2. The average molecular weight is 484 g/mol. The van der Waals surface area contributed by atoms with Crippen molar-refractivity contribution in [2.45, 2.75) is 12.8 Å². The Morgan fingerprint density at radius 3 is 2.31 bits per heavy atom. The van der Waals surface area contributed by atoms with Gasteiger partial charge in [0.15, 0.2) is 0 Å². The minimum absolute atomic E-state index is 0.166. The van der Waals surface area contributed by atoms with Gasteiger partial charge >= 0.3 is 0 Å². The fourth-order valence-electron chi connectivity index (χ4n) is 4.52. The smallest absolute Gasteiger partial charge is 0.291 e. The topological polar surface area (TPSA) is 75.0 Å². The predicted octanol–water partition coefficient (Wildman–Crippen LogP) is 4.98. The Hall–Kier alpha value is -4.26. The summed E-state index contributed by atoms with van der Waals surface area (Å²) in [7, 11) is 1.62. The Balaban J connectivity index is 1.29. The van der Waals surface area contributed by atoms with Crippen LogP contribution in [0.4, 0.5) is 11.4 Å². The van der Waals surface area contributed by atoms with Crippen LogP contribution in [0.15, 0.2) is 83.3 Å². The summed E-state index contributed by atoms with van der Waals surface area (Å²) in [5.41, 5.74) is 3.21. The number of ether oxygens (including phenoxy) is 1. The summed E-state index contributed by atoms with van der Waals surface area (Å²) in [5, 5.41) is 3.69. The summed E-state index contributed by atoms with van der Waals surface area (Å²) in [4.78, 5) is 30.5. The molecule has 1 saturated heterocycles. The number of rotatable bonds is 7. The third-order valence-electron chi connectivity index (χ3n) is 6.54. The Morgan fingerprint density at radius 2 is 1.58 bits per heavy atom. The van der Waals surface area contributed by atoms with Crippen LogP contribution in [0.3, 0.4) is 0 Å². The van der Waals surface area contributed by atoms with E-state index in [9.17, 15) is 9.59 Å². The lowest BCUT2D eigenvalue weighted by molar-refractivity contribution is -0.116. The highest BCUT2D eigenvalue weighted by molar-refractivity contribution is 6.10. The molecule has 1 aliphatic heterocycles. The molecule has 1 fully saturated rings. The number of carbonyl (C=O) groups excluding carboxylic acids is 2. The second kappa shape index (κ2) is 10.6. The maximum atomic E-state index is 13.5. The van der Waals surface area contributed by atoms with Crippen LogP contribution in [0.5, 0.6) is 5.75 Å². The normalized spacial score (nSPS) is 13.6. The largest absolute Gasteiger partial charge is 0.497 e. The molecule has 5 rings (SSSR count). The van der Waals surface area contributed by atoms with Crippen molar-refractivity contribution in [2.75, 3.05) is 43.5 Å². The zero-order valence-electron chi connectivity index (χ0n) is 20.3. The van der Waals surface area contributed by atoms with Crippen LogP contribution in [0.1, 0.15) is 22.5 Å². The lowest BCUT2D eigenvalue weighted by Crippen LogP contribution is -2.48. The first kappa shape index (κ1) is 23.5. The van der Waals surface area contributed by atoms with E-state index >= 15 is 0 Å². The summed E-state index contributed by atoms with van der Waals surface area (Å²) in [6.07, 6.45) is 0.867. The predicted molar refractivity (Wildman–Crippen MR) is 141 cm³/mol. The molecule has 4 aromatic rings. The van der Waals surface area contributed by atoms with Gasteiger partial charge < -0.3 is 24.3 Å². The quantitative estimate of drug-likeness (QED) is 0.402. The summed E-state index contributed by atoms with van der Waals surface area (Å²) in [6, 6.07) is 25.3. The van der Waals surface area contributed by atoms with Gasteiger partial charge in [-0.25, -0.2) is 0 Å². The molecule has 2 heterocycles. The van der Waals surface area contributed by atoms with E-state index in [1.807, 2.05) is 66.7 Å². The highest BCUT2D eigenvalue weighted by atomic mass is 16.5. The molecular formula is C29H29N3O4. The number of nitrogens with zero attached hydrogens (tertiary/aromatic N) is 2. The van der Waals surface area contributed by atoms with Crippen molar-refractivity contribution in [3.8, 4) is 5.75 Å². The number of anilines is 2. The molecule has 0 radical (unpaired) electrons. The van der Waals surface area contributed by atoms with Crippen molar-refractivity contribution >= 4 is 34.2 Å². The molecule has 7 nitrogen and oxygen atoms in total. The number of fused-ring (bicyclic) bond motifs is 1. The number of para-hydroxylation sites is 2. The molecule has 1 aliphatic rings. The van der Waals surface area contributed by atoms with Crippen LogP contribution in [0.25, 0.3) is 11.0 Å². The number of piperazine rings is 1. The highest BCUT2D eigenvalue weighted by Crippen LogP contribution is 2.32. The Kier molecular flexibility index (Phi) is 6.89. The van der Waals surface area contributed by atoms with Gasteiger partial charge in [-0.05, 0) is 48.4 Å². The van der Waals surface area contributed by atoms with Gasteiger partial charge in [0.1, 0.15) is 17.0 Å². The number of furan rings is 1. The molecule has 1 N–H and O–H groups in total. The summed E-state index contributed by atoms with van der Waals surface area (Å²) in [6.45, 7) is 2.63. The zero-order valence-corrected chi connectivity index (χ0v) is 20.3. The third-order valence-corrected chi connectivity index (χ3v) is 6.54. The van der Waals surface area contributed by atoms with Crippen molar-refractivity contribution in [1.29, 1.82) is 0 Å². The maximum absolute atomic E-state index is 13.5. The van der Waals surface area contributed by atoms with Crippen LogP contribution < -0.4 is 15.0 Å². The summed E-state index contributed by atoms with van der Waals surface area (Å²) in [5.74, 6) is 0.590. The van der Waals surface area contributed by atoms with Gasteiger partial charge in [0.25, 0.3) is 5.91 Å². The summed E-state index contributed by atoms with van der Waals surface area (Å²) >= 11 is 0. The number of aryl methyl sites for hydroxylation is 1. The second-order valence-corrected chi connectivity index (χ2v) is 8.81. The van der Waals surface area contributed by atoms with Gasteiger partial charge in [-0.15, -0.1) is 0 Å². The molecule has 1 aromatic heterocycles. The fourth-order valence-corrected chi connectivity index (χ4v) is 4.52. The van der Waals surface area contributed by atoms with Crippen molar-refractivity contribution in [2.24, 2.45) is 0 Å². The first-order valence-corrected chi connectivity index (χ1v) is 12.2. The van der Waals surface area contributed by atoms with E-state index < -0.39 is 0 Å². The number of methoxy groups -OCH3 is 1. The molecule has 2 amide bonds. The highest BCUT2D eigenvalue weighted by Gasteiger charge is 2.29. The minimum atomic E-state index is -0.204. The van der Waals surface area contributed by atoms with Crippen LogP contribution in [-0.2, 0) is 11.2 Å². The lowest BCUT2D eigenvalue weighted by Gasteiger charge is -2.35. The molecule has 3 aromatic carbocycles. The second-order valence-electron chi connectivity index (χ2n) is 8.81. The molecule has 0 spiro atoms. The van der Waals surface area contributed by atoms with Gasteiger partial charge in [-0.3, -0.25) is 9.59 Å². The van der Waals surface area contributed by atoms with Crippen molar-refractivity contribution < 1.29 is 18.7 Å². The zero-order chi connectivity index (χ0) is 24.9. The van der Waals surface area contributed by atoms with Gasteiger partial charge in [-0.2, -0.15) is 0 Å². The van der Waals surface area contributed by atoms with Crippen molar-refractivity contribution in [3.63, 3.8) is 0 Å². The minimum Gasteiger partial charge on any atom is -0.497 e. The van der Waals surface area contributed by atoms with Gasteiger partial charge in [0.2, 0.25) is 11.7 Å². The molecule has 184 valence electrons. The molecule has 0 bridgehead atoms. The number of nitrogens with one attached hydrogen (secondary N) is 1.